The minimum absolute atomic E-state index is 0.0649. The first-order chi connectivity index (χ1) is 9.65. The third-order valence-electron chi connectivity index (χ3n) is 3.40. The van der Waals surface area contributed by atoms with E-state index in [0.29, 0.717) is 12.2 Å². The SMILES string of the molecule is [O-][N+]([O-])=C1C=CC(=CC2=C(O)c3ccccc3C2)C=C1. The van der Waals surface area contributed by atoms with Gasteiger partial charge >= 0.3 is 0 Å². The number of hydrogen-bond acceptors (Lipinski definition) is 3. The molecule has 0 saturated carbocycles. The molecule has 20 heavy (non-hydrogen) atoms. The number of rotatable bonds is 1. The molecule has 0 spiro atoms. The summed E-state index contributed by atoms with van der Waals surface area (Å²) in [5.41, 5.74) is 3.69. The number of aliphatic hydroxyl groups is 1. The molecule has 3 rings (SSSR count). The highest BCUT2D eigenvalue weighted by molar-refractivity contribution is 6.02. The summed E-state index contributed by atoms with van der Waals surface area (Å²) in [6, 6.07) is 7.72. The number of nitrogens with zero attached hydrogens (tertiary/aromatic N) is 1. The third kappa shape index (κ3) is 2.12. The number of fused-ring (bicyclic) bond motifs is 1. The van der Waals surface area contributed by atoms with Gasteiger partial charge in [-0.25, -0.2) is 0 Å². The van der Waals surface area contributed by atoms with Crippen LogP contribution in [0.5, 0.6) is 0 Å². The first-order valence-electron chi connectivity index (χ1n) is 6.25. The summed E-state index contributed by atoms with van der Waals surface area (Å²) in [5.74, 6) is 0.291. The first-order valence-corrected chi connectivity index (χ1v) is 6.25. The fourth-order valence-electron chi connectivity index (χ4n) is 2.38. The smallest absolute Gasteiger partial charge is 0.222 e. The average molecular weight is 266 g/mol. The molecule has 0 bridgehead atoms. The lowest BCUT2D eigenvalue weighted by atomic mass is 10.0. The quantitative estimate of drug-likeness (QED) is 0.627. The van der Waals surface area contributed by atoms with Gasteiger partial charge in [0.2, 0.25) is 5.71 Å². The van der Waals surface area contributed by atoms with Crippen molar-refractivity contribution in [1.82, 2.24) is 0 Å². The Hall–Kier alpha value is -2.75. The van der Waals surface area contributed by atoms with Crippen molar-refractivity contribution in [3.8, 4) is 0 Å². The van der Waals surface area contributed by atoms with Crippen LogP contribution < -0.4 is 0 Å². The minimum atomic E-state index is -0.425. The van der Waals surface area contributed by atoms with Crippen LogP contribution in [0.25, 0.3) is 5.76 Å². The van der Waals surface area contributed by atoms with E-state index in [4.69, 9.17) is 0 Å². The van der Waals surface area contributed by atoms with Crippen LogP contribution in [0.1, 0.15) is 11.1 Å². The number of aliphatic hydroxyl groups excluding tert-OH is 1. The van der Waals surface area contributed by atoms with Gasteiger partial charge in [0.05, 0.1) is 0 Å². The van der Waals surface area contributed by atoms with Crippen molar-refractivity contribution in [3.05, 3.63) is 87.3 Å². The maximum Gasteiger partial charge on any atom is 0.222 e. The average Bonchev–Trinajstić information content (AvgIpc) is 2.77. The summed E-state index contributed by atoms with van der Waals surface area (Å²) in [4.78, 5) is -0.425. The van der Waals surface area contributed by atoms with E-state index in [1.54, 1.807) is 12.2 Å². The highest BCUT2D eigenvalue weighted by Gasteiger charge is 2.19. The molecular formula is C16H12NO3-. The van der Waals surface area contributed by atoms with Gasteiger partial charge in [-0.05, 0) is 34.9 Å². The predicted molar refractivity (Wildman–Crippen MR) is 78.1 cm³/mol. The van der Waals surface area contributed by atoms with Crippen molar-refractivity contribution in [1.29, 1.82) is 0 Å². The van der Waals surface area contributed by atoms with Crippen LogP contribution in [-0.4, -0.2) is 15.7 Å². The Bertz CT molecular complexity index is 699. The zero-order valence-electron chi connectivity index (χ0n) is 10.6. The molecule has 1 N–H and O–H groups in total. The molecule has 1 aromatic rings. The van der Waals surface area contributed by atoms with E-state index in [1.165, 1.54) is 12.2 Å². The summed E-state index contributed by atoms with van der Waals surface area (Å²) in [5, 5.41) is 31.4. The van der Waals surface area contributed by atoms with E-state index >= 15 is 0 Å². The van der Waals surface area contributed by atoms with Gasteiger partial charge in [0.1, 0.15) is 5.76 Å². The second-order valence-corrected chi connectivity index (χ2v) is 4.70. The Kier molecular flexibility index (Phi) is 2.91. The fourth-order valence-corrected chi connectivity index (χ4v) is 2.38. The Balaban J connectivity index is 1.90. The van der Waals surface area contributed by atoms with Crippen molar-refractivity contribution in [2.45, 2.75) is 6.42 Å². The molecule has 0 unspecified atom stereocenters. The van der Waals surface area contributed by atoms with Crippen LogP contribution >= 0.6 is 0 Å². The third-order valence-corrected chi connectivity index (χ3v) is 3.40. The molecule has 0 amide bonds. The van der Waals surface area contributed by atoms with E-state index in [-0.39, 0.29) is 5.71 Å². The zero-order chi connectivity index (χ0) is 14.1. The number of benzene rings is 1. The molecule has 0 saturated heterocycles. The van der Waals surface area contributed by atoms with Crippen LogP contribution in [0.15, 0.2) is 65.8 Å². The van der Waals surface area contributed by atoms with Crippen molar-refractivity contribution in [2.24, 2.45) is 0 Å². The number of hydrogen-bond donors (Lipinski definition) is 1. The monoisotopic (exact) mass is 266 g/mol. The standard InChI is InChI=1S/C16H12NO3/c18-16-13(10-12-3-1-2-4-15(12)16)9-11-5-7-14(8-6-11)17(19)20/h1-9H,10H2,(H-,18,19,20)/q-1. The van der Waals surface area contributed by atoms with Crippen molar-refractivity contribution >= 4 is 11.5 Å². The van der Waals surface area contributed by atoms with Gasteiger partial charge in [-0.2, -0.15) is 4.90 Å². The van der Waals surface area contributed by atoms with Crippen molar-refractivity contribution in [2.75, 3.05) is 0 Å². The second-order valence-electron chi connectivity index (χ2n) is 4.70. The van der Waals surface area contributed by atoms with Gasteiger partial charge in [-0.1, -0.05) is 24.3 Å². The van der Waals surface area contributed by atoms with Crippen LogP contribution in [0, 0.1) is 10.4 Å². The van der Waals surface area contributed by atoms with Gasteiger partial charge in [-0.3, -0.25) is 0 Å². The van der Waals surface area contributed by atoms with Gasteiger partial charge in [0.15, 0.2) is 0 Å². The molecule has 0 heterocycles. The number of allylic oxidation sites excluding steroid dienone is 7. The largest absolute Gasteiger partial charge is 0.612 e. The van der Waals surface area contributed by atoms with Gasteiger partial charge in [-0.15, -0.1) is 0 Å². The summed E-state index contributed by atoms with van der Waals surface area (Å²) in [7, 11) is 0. The lowest BCUT2D eigenvalue weighted by molar-refractivity contribution is -0.377. The van der Waals surface area contributed by atoms with E-state index in [0.717, 1.165) is 22.3 Å². The van der Waals surface area contributed by atoms with E-state index in [2.05, 4.69) is 0 Å². The molecular weight excluding hydrogens is 254 g/mol. The van der Waals surface area contributed by atoms with Gasteiger partial charge in [0.25, 0.3) is 0 Å². The van der Waals surface area contributed by atoms with Gasteiger partial charge in [0, 0.05) is 24.1 Å². The van der Waals surface area contributed by atoms with Crippen LogP contribution in [0.4, 0.5) is 0 Å². The highest BCUT2D eigenvalue weighted by atomic mass is 16.8. The Labute approximate surface area is 116 Å². The van der Waals surface area contributed by atoms with Crippen molar-refractivity contribution < 1.29 is 10.0 Å². The maximum atomic E-state index is 10.6. The molecule has 1 aromatic carbocycles. The molecule has 2 aliphatic carbocycles. The molecule has 100 valence electrons. The molecule has 4 heteroatoms. The van der Waals surface area contributed by atoms with Crippen LogP contribution in [0.3, 0.4) is 0 Å². The van der Waals surface area contributed by atoms with E-state index in [1.807, 2.05) is 30.3 Å². The molecule has 0 atom stereocenters. The predicted octanol–water partition coefficient (Wildman–Crippen LogP) is 3.01. The van der Waals surface area contributed by atoms with Crippen LogP contribution in [-0.2, 0) is 6.42 Å². The lowest BCUT2D eigenvalue weighted by Gasteiger charge is -2.08. The molecule has 4 nitrogen and oxygen atoms in total. The molecule has 0 aromatic heterocycles. The fraction of sp³-hybridized carbons (Fsp3) is 0.0625. The summed E-state index contributed by atoms with van der Waals surface area (Å²) in [6.45, 7) is 0. The Morgan fingerprint density at radius 1 is 1.05 bits per heavy atom. The van der Waals surface area contributed by atoms with Crippen molar-refractivity contribution in [3.63, 3.8) is 0 Å². The Morgan fingerprint density at radius 3 is 2.40 bits per heavy atom. The van der Waals surface area contributed by atoms with Crippen LogP contribution in [0.2, 0.25) is 0 Å². The second kappa shape index (κ2) is 4.74. The first kappa shape index (κ1) is 12.3. The minimum Gasteiger partial charge on any atom is -0.612 e. The topological polar surface area (TPSA) is 69.4 Å². The molecule has 0 fully saturated rings. The Morgan fingerprint density at radius 2 is 1.75 bits per heavy atom. The zero-order valence-corrected chi connectivity index (χ0v) is 10.6. The van der Waals surface area contributed by atoms with Gasteiger partial charge < -0.3 is 15.5 Å². The summed E-state index contributed by atoms with van der Waals surface area (Å²) >= 11 is 0. The lowest BCUT2D eigenvalue weighted by Crippen LogP contribution is -2.06. The summed E-state index contributed by atoms with van der Waals surface area (Å²) in [6.07, 6.45) is 8.83. The van der Waals surface area contributed by atoms with E-state index in [9.17, 15) is 15.5 Å². The molecule has 0 radical (unpaired) electrons. The normalized spacial score (nSPS) is 16.6. The van der Waals surface area contributed by atoms with E-state index < -0.39 is 4.90 Å². The maximum absolute atomic E-state index is 10.6. The summed E-state index contributed by atoms with van der Waals surface area (Å²) < 4.78 is 0. The highest BCUT2D eigenvalue weighted by Crippen LogP contribution is 2.32. The molecule has 2 aliphatic rings. The molecule has 0 aliphatic heterocycles.